The highest BCUT2D eigenvalue weighted by molar-refractivity contribution is 9.10. The number of halogens is 1. The van der Waals surface area contributed by atoms with Crippen LogP contribution < -0.4 is 14.8 Å². The predicted molar refractivity (Wildman–Crippen MR) is 104 cm³/mol. The molecule has 0 radical (unpaired) electrons. The minimum Gasteiger partial charge on any atom is -0.486 e. The smallest absolute Gasteiger partial charge is 0.238 e. The van der Waals surface area contributed by atoms with Crippen LogP contribution in [0.1, 0.15) is 24.4 Å². The molecule has 4 rings (SSSR count). The topological polar surface area (TPSA) is 50.8 Å². The fraction of sp³-hybridized carbons (Fsp3) is 0.350. The average Bonchev–Trinajstić information content (AvgIpc) is 3.11. The van der Waals surface area contributed by atoms with Crippen molar-refractivity contribution in [3.63, 3.8) is 0 Å². The molecule has 2 aliphatic heterocycles. The Balaban J connectivity index is 1.43. The Morgan fingerprint density at radius 2 is 1.88 bits per heavy atom. The minimum absolute atomic E-state index is 0.0109. The average molecular weight is 417 g/mol. The third kappa shape index (κ3) is 3.86. The van der Waals surface area contributed by atoms with Gasteiger partial charge in [-0.05, 0) is 61.3 Å². The second kappa shape index (κ2) is 7.68. The highest BCUT2D eigenvalue weighted by atomic mass is 79.9. The number of nitrogens with zero attached hydrogens (tertiary/aromatic N) is 1. The van der Waals surface area contributed by atoms with Gasteiger partial charge in [-0.1, -0.05) is 22.0 Å². The Bertz CT molecular complexity index is 794. The van der Waals surface area contributed by atoms with Gasteiger partial charge in [0.05, 0.1) is 6.54 Å². The first-order valence-corrected chi connectivity index (χ1v) is 9.67. The Labute approximate surface area is 161 Å². The number of benzene rings is 2. The van der Waals surface area contributed by atoms with E-state index >= 15 is 0 Å². The summed E-state index contributed by atoms with van der Waals surface area (Å²) < 4.78 is 12.3. The summed E-state index contributed by atoms with van der Waals surface area (Å²) in [4.78, 5) is 14.7. The predicted octanol–water partition coefficient (Wildman–Crippen LogP) is 4.00. The quantitative estimate of drug-likeness (QED) is 0.818. The van der Waals surface area contributed by atoms with E-state index in [1.54, 1.807) is 0 Å². The molecule has 0 bridgehead atoms. The van der Waals surface area contributed by atoms with Gasteiger partial charge in [-0.3, -0.25) is 9.69 Å². The summed E-state index contributed by atoms with van der Waals surface area (Å²) in [5.41, 5.74) is 2.00. The van der Waals surface area contributed by atoms with Crippen molar-refractivity contribution in [2.45, 2.75) is 18.9 Å². The Hall–Kier alpha value is -2.05. The number of likely N-dealkylation sites (tertiary alicyclic amines) is 1. The molecule has 2 heterocycles. The minimum atomic E-state index is 0.0109. The van der Waals surface area contributed by atoms with Gasteiger partial charge in [-0.15, -0.1) is 0 Å². The maximum absolute atomic E-state index is 12.5. The van der Waals surface area contributed by atoms with Crippen LogP contribution in [-0.4, -0.2) is 37.1 Å². The molecular formula is C20H21BrN2O3. The van der Waals surface area contributed by atoms with E-state index in [-0.39, 0.29) is 11.9 Å². The van der Waals surface area contributed by atoms with Gasteiger partial charge in [-0.25, -0.2) is 0 Å². The standard InChI is InChI=1S/C20H21BrN2O3/c21-15-4-6-16(7-5-15)22-20(24)13-23-9-1-2-17(23)14-3-8-18-19(12-14)26-11-10-25-18/h3-8,12,17H,1-2,9-11,13H2,(H,22,24). The molecule has 2 aromatic carbocycles. The summed E-state index contributed by atoms with van der Waals surface area (Å²) in [7, 11) is 0. The molecule has 1 saturated heterocycles. The van der Waals surface area contributed by atoms with Gasteiger partial charge in [-0.2, -0.15) is 0 Å². The first-order valence-electron chi connectivity index (χ1n) is 8.88. The summed E-state index contributed by atoms with van der Waals surface area (Å²) >= 11 is 3.40. The maximum Gasteiger partial charge on any atom is 0.238 e. The number of hydrogen-bond donors (Lipinski definition) is 1. The van der Waals surface area contributed by atoms with Crippen LogP contribution in [-0.2, 0) is 4.79 Å². The molecular weight excluding hydrogens is 396 g/mol. The Kier molecular flexibility index (Phi) is 5.13. The molecule has 136 valence electrons. The SMILES string of the molecule is O=C(CN1CCCC1c1ccc2c(c1)OCCO2)Nc1ccc(Br)cc1. The van der Waals surface area contributed by atoms with E-state index in [0.29, 0.717) is 19.8 Å². The number of fused-ring (bicyclic) bond motifs is 1. The van der Waals surface area contributed by atoms with E-state index in [4.69, 9.17) is 9.47 Å². The summed E-state index contributed by atoms with van der Waals surface area (Å²) in [5, 5.41) is 2.97. The highest BCUT2D eigenvalue weighted by Crippen LogP contribution is 2.37. The van der Waals surface area contributed by atoms with E-state index in [1.165, 1.54) is 5.56 Å². The normalized spacial score (nSPS) is 19.3. The number of carbonyl (C=O) groups is 1. The van der Waals surface area contributed by atoms with Crippen molar-refractivity contribution in [3.05, 3.63) is 52.5 Å². The lowest BCUT2D eigenvalue weighted by molar-refractivity contribution is -0.117. The lowest BCUT2D eigenvalue weighted by Crippen LogP contribution is -2.33. The first-order chi connectivity index (χ1) is 12.7. The summed E-state index contributed by atoms with van der Waals surface area (Å²) in [6.45, 7) is 2.49. The molecule has 0 spiro atoms. The number of anilines is 1. The van der Waals surface area contributed by atoms with Crippen LogP contribution in [0.15, 0.2) is 46.9 Å². The lowest BCUT2D eigenvalue weighted by atomic mass is 10.0. The van der Waals surface area contributed by atoms with E-state index in [9.17, 15) is 4.79 Å². The number of nitrogens with one attached hydrogen (secondary N) is 1. The molecule has 1 unspecified atom stereocenters. The zero-order valence-corrected chi connectivity index (χ0v) is 16.0. The van der Waals surface area contributed by atoms with E-state index in [1.807, 2.05) is 30.3 Å². The molecule has 26 heavy (non-hydrogen) atoms. The van der Waals surface area contributed by atoms with Crippen LogP contribution in [0.5, 0.6) is 11.5 Å². The monoisotopic (exact) mass is 416 g/mol. The second-order valence-electron chi connectivity index (χ2n) is 6.59. The lowest BCUT2D eigenvalue weighted by Gasteiger charge is -2.26. The molecule has 1 N–H and O–H groups in total. The molecule has 6 heteroatoms. The number of rotatable bonds is 4. The van der Waals surface area contributed by atoms with Gasteiger partial charge in [0.2, 0.25) is 5.91 Å². The zero-order chi connectivity index (χ0) is 17.9. The maximum atomic E-state index is 12.5. The van der Waals surface area contributed by atoms with Crippen LogP contribution in [0.2, 0.25) is 0 Å². The van der Waals surface area contributed by atoms with Crippen molar-refractivity contribution in [1.29, 1.82) is 0 Å². The molecule has 1 amide bonds. The van der Waals surface area contributed by atoms with E-state index < -0.39 is 0 Å². The third-order valence-electron chi connectivity index (χ3n) is 4.79. The summed E-state index contributed by atoms with van der Waals surface area (Å²) in [6.07, 6.45) is 2.13. The molecule has 2 aliphatic rings. The summed E-state index contributed by atoms with van der Waals surface area (Å²) in [5.74, 6) is 1.62. The van der Waals surface area contributed by atoms with Crippen molar-refractivity contribution < 1.29 is 14.3 Å². The number of hydrogen-bond acceptors (Lipinski definition) is 4. The van der Waals surface area contributed by atoms with Gasteiger partial charge < -0.3 is 14.8 Å². The zero-order valence-electron chi connectivity index (χ0n) is 14.4. The van der Waals surface area contributed by atoms with Crippen molar-refractivity contribution in [2.75, 3.05) is 31.6 Å². The molecule has 0 aliphatic carbocycles. The fourth-order valence-corrected chi connectivity index (χ4v) is 3.84. The largest absolute Gasteiger partial charge is 0.486 e. The van der Waals surface area contributed by atoms with Crippen LogP contribution in [0.4, 0.5) is 5.69 Å². The number of amides is 1. The van der Waals surface area contributed by atoms with Crippen molar-refractivity contribution >= 4 is 27.5 Å². The van der Waals surface area contributed by atoms with Gasteiger partial charge >= 0.3 is 0 Å². The van der Waals surface area contributed by atoms with Crippen LogP contribution >= 0.6 is 15.9 Å². The number of carbonyl (C=O) groups excluding carboxylic acids is 1. The fourth-order valence-electron chi connectivity index (χ4n) is 3.58. The van der Waals surface area contributed by atoms with Crippen LogP contribution in [0.25, 0.3) is 0 Å². The molecule has 0 aromatic heterocycles. The second-order valence-corrected chi connectivity index (χ2v) is 7.50. The number of ether oxygens (including phenoxy) is 2. The van der Waals surface area contributed by atoms with Gasteiger partial charge in [0.15, 0.2) is 11.5 Å². The van der Waals surface area contributed by atoms with E-state index in [0.717, 1.165) is 41.0 Å². The van der Waals surface area contributed by atoms with Gasteiger partial charge in [0.1, 0.15) is 13.2 Å². The van der Waals surface area contributed by atoms with Gasteiger partial charge in [0, 0.05) is 16.2 Å². The highest BCUT2D eigenvalue weighted by Gasteiger charge is 2.28. The molecule has 1 atom stereocenters. The van der Waals surface area contributed by atoms with Crippen molar-refractivity contribution in [3.8, 4) is 11.5 Å². The first kappa shape index (κ1) is 17.4. The Morgan fingerprint density at radius 3 is 2.69 bits per heavy atom. The van der Waals surface area contributed by atoms with Crippen LogP contribution in [0, 0.1) is 0 Å². The summed E-state index contributed by atoms with van der Waals surface area (Å²) in [6, 6.07) is 14.0. The molecule has 1 fully saturated rings. The van der Waals surface area contributed by atoms with Gasteiger partial charge in [0.25, 0.3) is 0 Å². The van der Waals surface area contributed by atoms with Crippen molar-refractivity contribution in [2.24, 2.45) is 0 Å². The molecule has 0 saturated carbocycles. The third-order valence-corrected chi connectivity index (χ3v) is 5.32. The van der Waals surface area contributed by atoms with Crippen LogP contribution in [0.3, 0.4) is 0 Å². The Morgan fingerprint density at radius 1 is 1.12 bits per heavy atom. The van der Waals surface area contributed by atoms with E-state index in [2.05, 4.69) is 38.3 Å². The molecule has 5 nitrogen and oxygen atoms in total. The molecule has 2 aromatic rings. The van der Waals surface area contributed by atoms with Crippen molar-refractivity contribution in [1.82, 2.24) is 4.90 Å².